The van der Waals surface area contributed by atoms with Crippen molar-refractivity contribution in [3.63, 3.8) is 0 Å². The highest BCUT2D eigenvalue weighted by atomic mass is 35.5. The van der Waals surface area contributed by atoms with Crippen LogP contribution in [0.4, 0.5) is 5.69 Å². The molecule has 0 aliphatic carbocycles. The van der Waals surface area contributed by atoms with Gasteiger partial charge in [0.05, 0.1) is 24.9 Å². The van der Waals surface area contributed by atoms with Gasteiger partial charge >= 0.3 is 0 Å². The Hall–Kier alpha value is -1.13. The maximum Gasteiger partial charge on any atom is 0.145 e. The van der Waals surface area contributed by atoms with Gasteiger partial charge in [-0.2, -0.15) is 0 Å². The second-order valence-corrected chi connectivity index (χ2v) is 4.81. The van der Waals surface area contributed by atoms with Gasteiger partial charge in [-0.3, -0.25) is 0 Å². The Bertz CT molecular complexity index is 426. The number of hydrogen-bond donors (Lipinski definition) is 1. The average molecular weight is 271 g/mol. The molecule has 5 heteroatoms. The van der Waals surface area contributed by atoms with Crippen LogP contribution >= 0.6 is 11.6 Å². The number of ether oxygens (including phenoxy) is 2. The van der Waals surface area contributed by atoms with Crippen LogP contribution in [0.15, 0.2) is 12.1 Å². The molecular weight excluding hydrogens is 252 g/mol. The third-order valence-corrected chi connectivity index (χ3v) is 3.56. The van der Waals surface area contributed by atoms with E-state index in [-0.39, 0.29) is 0 Å². The van der Waals surface area contributed by atoms with Crippen LogP contribution in [0.1, 0.15) is 6.92 Å². The molecule has 1 aliphatic heterocycles. The van der Waals surface area contributed by atoms with Crippen molar-refractivity contribution in [3.05, 3.63) is 17.2 Å². The van der Waals surface area contributed by atoms with Gasteiger partial charge in [-0.1, -0.05) is 11.6 Å². The third-order valence-electron chi connectivity index (χ3n) is 3.26. The lowest BCUT2D eigenvalue weighted by Gasteiger charge is -2.36. The van der Waals surface area contributed by atoms with E-state index in [0.717, 1.165) is 31.1 Å². The molecule has 1 aliphatic rings. The highest BCUT2D eigenvalue weighted by Crippen LogP contribution is 2.38. The molecular formula is C13H19ClN2O2. The van der Waals surface area contributed by atoms with E-state index in [1.54, 1.807) is 14.2 Å². The first-order chi connectivity index (χ1) is 8.67. The van der Waals surface area contributed by atoms with E-state index in [9.17, 15) is 0 Å². The first-order valence-electron chi connectivity index (χ1n) is 6.06. The lowest BCUT2D eigenvalue weighted by Crippen LogP contribution is -2.50. The number of benzene rings is 1. The Balaban J connectivity index is 2.39. The number of nitrogens with one attached hydrogen (secondary N) is 1. The van der Waals surface area contributed by atoms with Gasteiger partial charge in [0.15, 0.2) is 0 Å². The molecule has 100 valence electrons. The molecule has 1 fully saturated rings. The summed E-state index contributed by atoms with van der Waals surface area (Å²) in [5.74, 6) is 1.44. The van der Waals surface area contributed by atoms with Gasteiger partial charge in [-0.15, -0.1) is 0 Å². The summed E-state index contributed by atoms with van der Waals surface area (Å²) in [7, 11) is 3.27. The van der Waals surface area contributed by atoms with Gasteiger partial charge < -0.3 is 19.7 Å². The zero-order valence-corrected chi connectivity index (χ0v) is 11.8. The molecule has 0 aromatic heterocycles. The molecule has 0 saturated carbocycles. The van der Waals surface area contributed by atoms with Crippen molar-refractivity contribution in [2.24, 2.45) is 0 Å². The van der Waals surface area contributed by atoms with E-state index >= 15 is 0 Å². The SMILES string of the molecule is COc1cc(OC)c(N2CCNCC2C)cc1Cl. The van der Waals surface area contributed by atoms with Crippen molar-refractivity contribution in [1.29, 1.82) is 0 Å². The summed E-state index contributed by atoms with van der Waals surface area (Å²) in [5.41, 5.74) is 1.03. The molecule has 1 atom stereocenters. The standard InChI is InChI=1S/C13H19ClN2O2/c1-9-8-15-4-5-16(9)11-6-10(14)12(17-2)7-13(11)18-3/h6-7,9,15H,4-5,8H2,1-3H3. The number of piperazine rings is 1. The van der Waals surface area contributed by atoms with E-state index in [4.69, 9.17) is 21.1 Å². The topological polar surface area (TPSA) is 33.7 Å². The molecule has 0 bridgehead atoms. The predicted octanol–water partition coefficient (Wildman–Crippen LogP) is 2.16. The molecule has 18 heavy (non-hydrogen) atoms. The summed E-state index contributed by atoms with van der Waals surface area (Å²) in [6.07, 6.45) is 0. The van der Waals surface area contributed by atoms with Crippen molar-refractivity contribution in [3.8, 4) is 11.5 Å². The number of hydrogen-bond acceptors (Lipinski definition) is 4. The fourth-order valence-corrected chi connectivity index (χ4v) is 2.50. The number of nitrogens with zero attached hydrogens (tertiary/aromatic N) is 1. The van der Waals surface area contributed by atoms with Gasteiger partial charge in [0.2, 0.25) is 0 Å². The zero-order chi connectivity index (χ0) is 13.1. The first kappa shape index (κ1) is 13.3. The van der Waals surface area contributed by atoms with Crippen LogP contribution < -0.4 is 19.7 Å². The fourth-order valence-electron chi connectivity index (χ4n) is 2.27. The average Bonchev–Trinajstić information content (AvgIpc) is 2.39. The van der Waals surface area contributed by atoms with Crippen LogP contribution in [0.3, 0.4) is 0 Å². The molecule has 2 rings (SSSR count). The van der Waals surface area contributed by atoms with Crippen LogP contribution in [0.25, 0.3) is 0 Å². The van der Waals surface area contributed by atoms with Crippen molar-refractivity contribution in [1.82, 2.24) is 5.32 Å². The van der Waals surface area contributed by atoms with Crippen LogP contribution in [0.5, 0.6) is 11.5 Å². The van der Waals surface area contributed by atoms with E-state index < -0.39 is 0 Å². The van der Waals surface area contributed by atoms with Crippen LogP contribution in [0, 0.1) is 0 Å². The van der Waals surface area contributed by atoms with Gasteiger partial charge in [-0.25, -0.2) is 0 Å². The van der Waals surface area contributed by atoms with Gasteiger partial charge in [-0.05, 0) is 13.0 Å². The zero-order valence-electron chi connectivity index (χ0n) is 11.0. The van der Waals surface area contributed by atoms with E-state index in [1.807, 2.05) is 12.1 Å². The Morgan fingerprint density at radius 2 is 2.00 bits per heavy atom. The predicted molar refractivity (Wildman–Crippen MR) is 74.2 cm³/mol. The van der Waals surface area contributed by atoms with Crippen LogP contribution in [0.2, 0.25) is 5.02 Å². The van der Waals surface area contributed by atoms with Crippen molar-refractivity contribution in [2.45, 2.75) is 13.0 Å². The number of rotatable bonds is 3. The Labute approximate surface area is 113 Å². The molecule has 1 saturated heterocycles. The smallest absolute Gasteiger partial charge is 0.145 e. The third kappa shape index (κ3) is 2.49. The summed E-state index contributed by atoms with van der Waals surface area (Å²) < 4.78 is 10.7. The molecule has 0 spiro atoms. The number of halogens is 1. The van der Waals surface area contributed by atoms with Gasteiger partial charge in [0.25, 0.3) is 0 Å². The van der Waals surface area contributed by atoms with E-state index in [0.29, 0.717) is 16.8 Å². The van der Waals surface area contributed by atoms with Crippen molar-refractivity contribution >= 4 is 17.3 Å². The maximum atomic E-state index is 6.20. The van der Waals surface area contributed by atoms with Crippen molar-refractivity contribution in [2.75, 3.05) is 38.8 Å². The summed E-state index contributed by atoms with van der Waals surface area (Å²) in [5, 5.41) is 3.98. The Kier molecular flexibility index (Phi) is 4.19. The monoisotopic (exact) mass is 270 g/mol. The number of anilines is 1. The molecule has 4 nitrogen and oxygen atoms in total. The molecule has 0 radical (unpaired) electrons. The van der Waals surface area contributed by atoms with E-state index in [1.165, 1.54) is 0 Å². The number of methoxy groups -OCH3 is 2. The Morgan fingerprint density at radius 1 is 1.28 bits per heavy atom. The second kappa shape index (κ2) is 5.67. The second-order valence-electron chi connectivity index (χ2n) is 4.41. The lowest BCUT2D eigenvalue weighted by molar-refractivity contribution is 0.391. The van der Waals surface area contributed by atoms with Gasteiger partial charge in [0, 0.05) is 31.7 Å². The molecule has 1 unspecified atom stereocenters. The summed E-state index contributed by atoms with van der Waals surface area (Å²) >= 11 is 6.20. The normalized spacial score (nSPS) is 19.8. The van der Waals surface area contributed by atoms with Gasteiger partial charge in [0.1, 0.15) is 11.5 Å². The van der Waals surface area contributed by atoms with Crippen LogP contribution in [-0.2, 0) is 0 Å². The lowest BCUT2D eigenvalue weighted by atomic mass is 10.1. The van der Waals surface area contributed by atoms with Crippen LogP contribution in [-0.4, -0.2) is 39.9 Å². The molecule has 1 heterocycles. The fraction of sp³-hybridized carbons (Fsp3) is 0.538. The molecule has 1 aromatic carbocycles. The highest BCUT2D eigenvalue weighted by molar-refractivity contribution is 6.32. The molecule has 0 amide bonds. The summed E-state index contributed by atoms with van der Waals surface area (Å²) in [6.45, 7) is 5.06. The van der Waals surface area contributed by atoms with Crippen molar-refractivity contribution < 1.29 is 9.47 Å². The first-order valence-corrected chi connectivity index (χ1v) is 6.44. The molecule has 1 aromatic rings. The minimum absolute atomic E-state index is 0.414. The summed E-state index contributed by atoms with van der Waals surface area (Å²) in [4.78, 5) is 2.31. The quantitative estimate of drug-likeness (QED) is 0.913. The van der Waals surface area contributed by atoms with E-state index in [2.05, 4.69) is 17.1 Å². The highest BCUT2D eigenvalue weighted by Gasteiger charge is 2.22. The largest absolute Gasteiger partial charge is 0.495 e. The summed E-state index contributed by atoms with van der Waals surface area (Å²) in [6, 6.07) is 4.17. The maximum absolute atomic E-state index is 6.20. The Morgan fingerprint density at radius 3 is 2.61 bits per heavy atom. The molecule has 1 N–H and O–H groups in total. The minimum Gasteiger partial charge on any atom is -0.495 e. The minimum atomic E-state index is 0.414.